The molecule has 6 nitrogen and oxygen atoms in total. The van der Waals surface area contributed by atoms with Gasteiger partial charge in [0.2, 0.25) is 0 Å². The molecule has 0 N–H and O–H groups in total. The molecule has 0 fully saturated rings. The van der Waals surface area contributed by atoms with E-state index >= 15 is 0 Å². The van der Waals surface area contributed by atoms with E-state index in [2.05, 4.69) is 10.1 Å². The number of ether oxygens (including phenoxy) is 1. The van der Waals surface area contributed by atoms with Crippen molar-refractivity contribution in [2.24, 2.45) is 7.05 Å². The molecule has 122 valence electrons. The average molecular weight is 341 g/mol. The molecule has 7 heteroatoms. The second-order valence-electron chi connectivity index (χ2n) is 5.27. The SMILES string of the molecule is COC(=O)c1sc2ncc(C(=O)C=Cc3cnn(C)c3)cc2c1C. The maximum Gasteiger partial charge on any atom is 0.348 e. The number of rotatable bonds is 4. The predicted molar refractivity (Wildman–Crippen MR) is 92.3 cm³/mol. The lowest BCUT2D eigenvalue weighted by atomic mass is 10.1. The van der Waals surface area contributed by atoms with E-state index in [-0.39, 0.29) is 11.8 Å². The van der Waals surface area contributed by atoms with E-state index in [1.54, 1.807) is 23.0 Å². The van der Waals surface area contributed by atoms with Crippen molar-refractivity contribution in [1.82, 2.24) is 14.8 Å². The number of aryl methyl sites for hydroxylation is 2. The first-order valence-corrected chi connectivity index (χ1v) is 7.99. The minimum Gasteiger partial charge on any atom is -0.465 e. The lowest BCUT2D eigenvalue weighted by Crippen LogP contribution is -1.99. The summed E-state index contributed by atoms with van der Waals surface area (Å²) in [7, 11) is 3.16. The van der Waals surface area contributed by atoms with Gasteiger partial charge in [-0.05, 0) is 30.7 Å². The number of thiophene rings is 1. The monoisotopic (exact) mass is 341 g/mol. The topological polar surface area (TPSA) is 74.1 Å². The molecule has 24 heavy (non-hydrogen) atoms. The first kappa shape index (κ1) is 16.1. The molecule has 0 aliphatic carbocycles. The second-order valence-corrected chi connectivity index (χ2v) is 6.27. The normalized spacial score (nSPS) is 11.3. The number of ketones is 1. The van der Waals surface area contributed by atoms with E-state index in [4.69, 9.17) is 4.74 Å². The van der Waals surface area contributed by atoms with Gasteiger partial charge in [-0.25, -0.2) is 9.78 Å². The molecule has 0 saturated heterocycles. The highest BCUT2D eigenvalue weighted by atomic mass is 32.1. The maximum absolute atomic E-state index is 12.3. The van der Waals surface area contributed by atoms with E-state index < -0.39 is 0 Å². The molecular weight excluding hydrogens is 326 g/mol. The summed E-state index contributed by atoms with van der Waals surface area (Å²) in [5.41, 5.74) is 2.10. The molecular formula is C17H15N3O3S. The number of carbonyl (C=O) groups is 2. The summed E-state index contributed by atoms with van der Waals surface area (Å²) < 4.78 is 6.44. The number of aromatic nitrogens is 3. The molecule has 0 saturated carbocycles. The van der Waals surface area contributed by atoms with Crippen LogP contribution >= 0.6 is 11.3 Å². The highest BCUT2D eigenvalue weighted by molar-refractivity contribution is 7.20. The van der Waals surface area contributed by atoms with Crippen LogP contribution in [0.2, 0.25) is 0 Å². The van der Waals surface area contributed by atoms with Gasteiger partial charge in [-0.2, -0.15) is 5.10 Å². The van der Waals surface area contributed by atoms with Crippen molar-refractivity contribution in [3.05, 3.63) is 52.3 Å². The Morgan fingerprint density at radius 1 is 1.33 bits per heavy atom. The van der Waals surface area contributed by atoms with Crippen LogP contribution in [-0.4, -0.2) is 33.6 Å². The predicted octanol–water partition coefficient (Wildman–Crippen LogP) is 3.02. The summed E-state index contributed by atoms with van der Waals surface area (Å²) in [5.74, 6) is -0.543. The first-order valence-electron chi connectivity index (χ1n) is 7.18. The summed E-state index contributed by atoms with van der Waals surface area (Å²) in [5, 5.41) is 4.84. The van der Waals surface area contributed by atoms with Crippen molar-refractivity contribution in [1.29, 1.82) is 0 Å². The van der Waals surface area contributed by atoms with Crippen molar-refractivity contribution in [3.8, 4) is 0 Å². The molecule has 0 bridgehead atoms. The molecule has 0 atom stereocenters. The summed E-state index contributed by atoms with van der Waals surface area (Å²) in [6.45, 7) is 1.83. The van der Waals surface area contributed by atoms with Crippen molar-refractivity contribution in [2.75, 3.05) is 7.11 Å². The Balaban J connectivity index is 1.92. The highest BCUT2D eigenvalue weighted by Gasteiger charge is 2.17. The molecule has 0 aliphatic heterocycles. The van der Waals surface area contributed by atoms with Gasteiger partial charge in [-0.1, -0.05) is 0 Å². The zero-order valence-electron chi connectivity index (χ0n) is 13.4. The van der Waals surface area contributed by atoms with Gasteiger partial charge in [0.25, 0.3) is 0 Å². The summed E-state index contributed by atoms with van der Waals surface area (Å²) >= 11 is 1.26. The minimum absolute atomic E-state index is 0.154. The van der Waals surface area contributed by atoms with Crippen molar-refractivity contribution in [3.63, 3.8) is 0 Å². The minimum atomic E-state index is -0.389. The van der Waals surface area contributed by atoms with Gasteiger partial charge in [0.05, 0.1) is 13.3 Å². The van der Waals surface area contributed by atoms with Crippen molar-refractivity contribution in [2.45, 2.75) is 6.92 Å². The number of fused-ring (bicyclic) bond motifs is 1. The van der Waals surface area contributed by atoms with Gasteiger partial charge in [-0.15, -0.1) is 11.3 Å². The Hall–Kier alpha value is -2.80. The molecule has 3 aromatic rings. The van der Waals surface area contributed by atoms with Crippen LogP contribution in [0.25, 0.3) is 16.3 Å². The number of allylic oxidation sites excluding steroid dienone is 1. The van der Waals surface area contributed by atoms with Gasteiger partial charge >= 0.3 is 5.97 Å². The fourth-order valence-corrected chi connectivity index (χ4v) is 3.36. The third-order valence-corrected chi connectivity index (χ3v) is 4.80. The number of esters is 1. The van der Waals surface area contributed by atoms with Gasteiger partial charge in [-0.3, -0.25) is 9.48 Å². The number of carbonyl (C=O) groups excluding carboxylic acids is 2. The maximum atomic E-state index is 12.3. The first-order chi connectivity index (χ1) is 11.5. The summed E-state index contributed by atoms with van der Waals surface area (Å²) in [6, 6.07) is 1.76. The van der Waals surface area contributed by atoms with Gasteiger partial charge < -0.3 is 4.74 Å². The van der Waals surface area contributed by atoms with Gasteiger partial charge in [0.1, 0.15) is 9.71 Å². The number of nitrogens with zero attached hydrogens (tertiary/aromatic N) is 3. The van der Waals surface area contributed by atoms with Crippen LogP contribution in [0.3, 0.4) is 0 Å². The van der Waals surface area contributed by atoms with Crippen LogP contribution in [0, 0.1) is 6.92 Å². The smallest absolute Gasteiger partial charge is 0.348 e. The van der Waals surface area contributed by atoms with Crippen LogP contribution in [0.15, 0.2) is 30.7 Å². The standard InChI is InChI=1S/C17H15N3O3S/c1-10-13-6-12(8-18-16(13)24-15(10)17(22)23-3)14(21)5-4-11-7-19-20(2)9-11/h4-9H,1-3H3. The summed E-state index contributed by atoms with van der Waals surface area (Å²) in [6.07, 6.45) is 8.21. The van der Waals surface area contributed by atoms with Gasteiger partial charge in [0, 0.05) is 36.0 Å². The lowest BCUT2D eigenvalue weighted by Gasteiger charge is -1.98. The van der Waals surface area contributed by atoms with Crippen molar-refractivity contribution >= 4 is 39.4 Å². The Kier molecular flexibility index (Phi) is 4.26. The Labute approximate surface area is 142 Å². The molecule has 0 radical (unpaired) electrons. The third kappa shape index (κ3) is 2.98. The van der Waals surface area contributed by atoms with Crippen molar-refractivity contribution < 1.29 is 14.3 Å². The highest BCUT2D eigenvalue weighted by Crippen LogP contribution is 2.30. The number of pyridine rings is 1. The van der Waals surface area contributed by atoms with Crippen LogP contribution in [0.1, 0.15) is 31.2 Å². The molecule has 3 aromatic heterocycles. The molecule has 3 rings (SSSR count). The third-order valence-electron chi connectivity index (χ3n) is 3.60. The lowest BCUT2D eigenvalue weighted by molar-refractivity contribution is 0.0605. The Morgan fingerprint density at radius 3 is 2.79 bits per heavy atom. The van der Waals surface area contributed by atoms with Crippen LogP contribution in [0.4, 0.5) is 0 Å². The van der Waals surface area contributed by atoms with Crippen LogP contribution in [-0.2, 0) is 11.8 Å². The van der Waals surface area contributed by atoms with Gasteiger partial charge in [0.15, 0.2) is 5.78 Å². The second kappa shape index (κ2) is 6.37. The molecule has 0 unspecified atom stereocenters. The Morgan fingerprint density at radius 2 is 2.12 bits per heavy atom. The fourth-order valence-electron chi connectivity index (χ4n) is 2.31. The van der Waals surface area contributed by atoms with Crippen LogP contribution < -0.4 is 0 Å². The number of hydrogen-bond acceptors (Lipinski definition) is 6. The summed E-state index contributed by atoms with van der Waals surface area (Å²) in [4.78, 5) is 29.6. The number of methoxy groups -OCH3 is 1. The Bertz CT molecular complexity index is 969. The average Bonchev–Trinajstić information content (AvgIpc) is 3.15. The van der Waals surface area contributed by atoms with E-state index in [0.717, 1.165) is 16.5 Å². The quantitative estimate of drug-likeness (QED) is 0.414. The van der Waals surface area contributed by atoms with E-state index in [1.807, 2.05) is 20.2 Å². The van der Waals surface area contributed by atoms with E-state index in [9.17, 15) is 9.59 Å². The zero-order chi connectivity index (χ0) is 17.3. The molecule has 0 amide bonds. The largest absolute Gasteiger partial charge is 0.465 e. The van der Waals surface area contributed by atoms with E-state index in [0.29, 0.717) is 15.3 Å². The molecule has 0 aliphatic rings. The van der Waals surface area contributed by atoms with Crippen LogP contribution in [0.5, 0.6) is 0 Å². The van der Waals surface area contributed by atoms with E-state index in [1.165, 1.54) is 30.7 Å². The fraction of sp³-hybridized carbons (Fsp3) is 0.176. The molecule has 0 aromatic carbocycles. The molecule has 0 spiro atoms. The zero-order valence-corrected chi connectivity index (χ0v) is 14.3. The molecule has 3 heterocycles. The number of hydrogen-bond donors (Lipinski definition) is 0.